The van der Waals surface area contributed by atoms with Gasteiger partial charge in [0.1, 0.15) is 0 Å². The average molecular weight is 312 g/mol. The fraction of sp³-hybridized carbons (Fsp3) is 0.176. The molecule has 0 radical (unpaired) electrons. The van der Waals surface area contributed by atoms with Crippen LogP contribution < -0.4 is 4.31 Å². The van der Waals surface area contributed by atoms with Crippen LogP contribution in [-0.2, 0) is 16.4 Å². The maximum atomic E-state index is 11.8. The van der Waals surface area contributed by atoms with E-state index in [1.54, 1.807) is 0 Å². The van der Waals surface area contributed by atoms with Gasteiger partial charge in [-0.15, -0.1) is 0 Å². The Morgan fingerprint density at radius 1 is 1.05 bits per heavy atom. The number of hydrogen-bond acceptors (Lipinski definition) is 2. The molecule has 0 saturated heterocycles. The van der Waals surface area contributed by atoms with E-state index in [9.17, 15) is 8.42 Å². The fourth-order valence-corrected chi connectivity index (χ4v) is 4.07. The lowest BCUT2D eigenvalue weighted by atomic mass is 10.0. The number of pyridine rings is 1. The number of benzene rings is 1. The molecule has 0 amide bonds. The van der Waals surface area contributed by atoms with Gasteiger partial charge in [0.2, 0.25) is 10.0 Å². The summed E-state index contributed by atoms with van der Waals surface area (Å²) in [5.74, 6) is 0. The van der Waals surface area contributed by atoms with E-state index in [2.05, 4.69) is 28.8 Å². The van der Waals surface area contributed by atoms with E-state index in [1.165, 1.54) is 10.6 Å². The van der Waals surface area contributed by atoms with Gasteiger partial charge in [0.25, 0.3) is 0 Å². The summed E-state index contributed by atoms with van der Waals surface area (Å²) in [5, 5.41) is 0. The SMILES string of the molecule is CS(=O)(=O)N1CCc2cc(-c3cc4ccccn4c3)ccc21. The van der Waals surface area contributed by atoms with Crippen molar-refractivity contribution in [1.82, 2.24) is 4.40 Å². The minimum atomic E-state index is -3.18. The molecule has 112 valence electrons. The van der Waals surface area contributed by atoms with Crippen molar-refractivity contribution in [2.24, 2.45) is 0 Å². The highest BCUT2D eigenvalue weighted by atomic mass is 32.2. The second-order valence-corrected chi connectivity index (χ2v) is 7.60. The van der Waals surface area contributed by atoms with Gasteiger partial charge < -0.3 is 4.40 Å². The minimum absolute atomic E-state index is 0.537. The summed E-state index contributed by atoms with van der Waals surface area (Å²) in [6.07, 6.45) is 6.15. The predicted octanol–water partition coefficient (Wildman–Crippen LogP) is 2.93. The zero-order valence-electron chi connectivity index (χ0n) is 12.2. The Kier molecular flexibility index (Phi) is 2.81. The molecule has 4 rings (SSSR count). The van der Waals surface area contributed by atoms with Crippen LogP contribution in [0.3, 0.4) is 0 Å². The maximum Gasteiger partial charge on any atom is 0.232 e. The lowest BCUT2D eigenvalue weighted by Gasteiger charge is -2.16. The second kappa shape index (κ2) is 4.61. The largest absolute Gasteiger partial charge is 0.323 e. The number of rotatable bonds is 2. The Labute approximate surface area is 129 Å². The minimum Gasteiger partial charge on any atom is -0.323 e. The van der Waals surface area contributed by atoms with Crippen molar-refractivity contribution in [3.63, 3.8) is 0 Å². The monoisotopic (exact) mass is 312 g/mol. The van der Waals surface area contributed by atoms with Crippen molar-refractivity contribution in [3.8, 4) is 11.1 Å². The van der Waals surface area contributed by atoms with E-state index in [-0.39, 0.29) is 0 Å². The predicted molar refractivity (Wildman–Crippen MR) is 88.7 cm³/mol. The average Bonchev–Trinajstić information content (AvgIpc) is 3.09. The first kappa shape index (κ1) is 13.4. The Hall–Kier alpha value is -2.27. The summed E-state index contributed by atoms with van der Waals surface area (Å²) in [6, 6.07) is 14.3. The van der Waals surface area contributed by atoms with Gasteiger partial charge in [-0.1, -0.05) is 12.1 Å². The van der Waals surface area contributed by atoms with Crippen molar-refractivity contribution < 1.29 is 8.42 Å². The van der Waals surface area contributed by atoms with Crippen molar-refractivity contribution in [3.05, 3.63) is 60.4 Å². The molecule has 0 aliphatic carbocycles. The van der Waals surface area contributed by atoms with Crippen LogP contribution in [0.2, 0.25) is 0 Å². The van der Waals surface area contributed by atoms with Gasteiger partial charge in [0.15, 0.2) is 0 Å². The third kappa shape index (κ3) is 2.09. The van der Waals surface area contributed by atoms with E-state index in [0.717, 1.165) is 34.3 Å². The third-order valence-electron chi connectivity index (χ3n) is 4.17. The van der Waals surface area contributed by atoms with E-state index in [1.807, 2.05) is 30.5 Å². The van der Waals surface area contributed by atoms with Crippen LogP contribution in [0.1, 0.15) is 5.56 Å². The maximum absolute atomic E-state index is 11.8. The summed E-state index contributed by atoms with van der Waals surface area (Å²) in [6.45, 7) is 0.537. The number of sulfonamides is 1. The number of aromatic nitrogens is 1. The first-order valence-electron chi connectivity index (χ1n) is 7.20. The smallest absolute Gasteiger partial charge is 0.232 e. The molecule has 3 heterocycles. The van der Waals surface area contributed by atoms with Crippen molar-refractivity contribution in [1.29, 1.82) is 0 Å². The molecule has 0 N–H and O–H groups in total. The van der Waals surface area contributed by atoms with Crippen LogP contribution in [0.15, 0.2) is 54.9 Å². The molecule has 1 aromatic carbocycles. The molecule has 1 aliphatic rings. The summed E-state index contributed by atoms with van der Waals surface area (Å²) < 4.78 is 27.2. The van der Waals surface area contributed by atoms with Gasteiger partial charge in [-0.25, -0.2) is 8.42 Å². The molecule has 0 atom stereocenters. The normalized spacial score (nSPS) is 14.5. The highest BCUT2D eigenvalue weighted by Crippen LogP contribution is 2.34. The van der Waals surface area contributed by atoms with Crippen LogP contribution in [0.25, 0.3) is 16.6 Å². The Morgan fingerprint density at radius 2 is 1.91 bits per heavy atom. The molecule has 0 bridgehead atoms. The second-order valence-electron chi connectivity index (χ2n) is 5.69. The first-order chi connectivity index (χ1) is 10.5. The standard InChI is InChI=1S/C17H16N2O2S/c1-22(20,21)19-9-7-14-10-13(5-6-17(14)19)15-11-16-4-2-3-8-18(16)12-15/h2-6,8,10-12H,7,9H2,1H3. The topological polar surface area (TPSA) is 41.8 Å². The fourth-order valence-electron chi connectivity index (χ4n) is 3.11. The summed E-state index contributed by atoms with van der Waals surface area (Å²) in [4.78, 5) is 0. The molecule has 5 heteroatoms. The van der Waals surface area contributed by atoms with Gasteiger partial charge in [-0.3, -0.25) is 4.31 Å². The highest BCUT2D eigenvalue weighted by Gasteiger charge is 2.26. The summed E-state index contributed by atoms with van der Waals surface area (Å²) >= 11 is 0. The number of anilines is 1. The summed E-state index contributed by atoms with van der Waals surface area (Å²) in [5.41, 5.74) is 5.33. The number of nitrogens with zero attached hydrogens (tertiary/aromatic N) is 2. The first-order valence-corrected chi connectivity index (χ1v) is 9.05. The van der Waals surface area contributed by atoms with Gasteiger partial charge in [0.05, 0.1) is 11.9 Å². The van der Waals surface area contributed by atoms with Gasteiger partial charge in [0, 0.05) is 30.0 Å². The van der Waals surface area contributed by atoms with Gasteiger partial charge in [-0.05, 0) is 47.9 Å². The molecule has 22 heavy (non-hydrogen) atoms. The Bertz CT molecular complexity index is 940. The van der Waals surface area contributed by atoms with Crippen molar-refractivity contribution in [2.75, 3.05) is 17.1 Å². The van der Waals surface area contributed by atoms with E-state index < -0.39 is 10.0 Å². The Balaban J connectivity index is 1.79. The zero-order chi connectivity index (χ0) is 15.3. The molecule has 1 aliphatic heterocycles. The van der Waals surface area contributed by atoms with Crippen LogP contribution in [0.5, 0.6) is 0 Å². The lowest BCUT2D eigenvalue weighted by molar-refractivity contribution is 0.598. The molecular weight excluding hydrogens is 296 g/mol. The zero-order valence-corrected chi connectivity index (χ0v) is 13.0. The van der Waals surface area contributed by atoms with E-state index >= 15 is 0 Å². The Morgan fingerprint density at radius 3 is 2.68 bits per heavy atom. The van der Waals surface area contributed by atoms with Crippen LogP contribution in [0, 0.1) is 0 Å². The van der Waals surface area contributed by atoms with E-state index in [4.69, 9.17) is 0 Å². The number of hydrogen-bond donors (Lipinski definition) is 0. The highest BCUT2D eigenvalue weighted by molar-refractivity contribution is 7.92. The van der Waals surface area contributed by atoms with E-state index in [0.29, 0.717) is 6.54 Å². The van der Waals surface area contributed by atoms with Crippen molar-refractivity contribution in [2.45, 2.75) is 6.42 Å². The summed E-state index contributed by atoms with van der Waals surface area (Å²) in [7, 11) is -3.18. The van der Waals surface area contributed by atoms with Crippen LogP contribution in [-0.4, -0.2) is 25.6 Å². The molecule has 2 aromatic heterocycles. The molecule has 3 aromatic rings. The molecule has 0 unspecified atom stereocenters. The van der Waals surface area contributed by atoms with Crippen LogP contribution in [0.4, 0.5) is 5.69 Å². The van der Waals surface area contributed by atoms with Crippen molar-refractivity contribution >= 4 is 21.2 Å². The lowest BCUT2D eigenvalue weighted by Crippen LogP contribution is -2.27. The number of fused-ring (bicyclic) bond motifs is 2. The van der Waals surface area contributed by atoms with Crippen LogP contribution >= 0.6 is 0 Å². The molecule has 0 spiro atoms. The van der Waals surface area contributed by atoms with Gasteiger partial charge >= 0.3 is 0 Å². The van der Waals surface area contributed by atoms with Gasteiger partial charge in [-0.2, -0.15) is 0 Å². The third-order valence-corrected chi connectivity index (χ3v) is 5.35. The molecule has 4 nitrogen and oxygen atoms in total. The molecule has 0 fully saturated rings. The molecule has 0 saturated carbocycles. The molecular formula is C17H16N2O2S. The quantitative estimate of drug-likeness (QED) is 0.730.